The first kappa shape index (κ1) is 13.8. The molecule has 0 saturated carbocycles. The Morgan fingerprint density at radius 1 is 1.00 bits per heavy atom. The number of benzene rings is 2. The zero-order valence-electron chi connectivity index (χ0n) is 12.2. The van der Waals surface area contributed by atoms with Gasteiger partial charge in [0.05, 0.1) is 17.8 Å². The Morgan fingerprint density at radius 3 is 2.38 bits per heavy atom. The number of hydrogen-bond acceptors (Lipinski definition) is 3. The highest BCUT2D eigenvalue weighted by Gasteiger charge is 2.05. The number of methoxy groups -OCH3 is 1. The van der Waals surface area contributed by atoms with Crippen LogP contribution in [0.15, 0.2) is 53.9 Å². The second-order valence-corrected chi connectivity index (χ2v) is 5.96. The van der Waals surface area contributed by atoms with Gasteiger partial charge in [0.15, 0.2) is 0 Å². The quantitative estimate of drug-likeness (QED) is 0.695. The number of rotatable bonds is 4. The Balaban J connectivity index is 1.76. The molecule has 0 unspecified atom stereocenters. The van der Waals surface area contributed by atoms with Crippen LogP contribution >= 0.6 is 11.3 Å². The summed E-state index contributed by atoms with van der Waals surface area (Å²) in [5.41, 5.74) is 4.76. The van der Waals surface area contributed by atoms with Crippen molar-refractivity contribution in [1.29, 1.82) is 0 Å². The van der Waals surface area contributed by atoms with E-state index in [0.717, 1.165) is 22.9 Å². The summed E-state index contributed by atoms with van der Waals surface area (Å²) in [6.45, 7) is 2.10. The van der Waals surface area contributed by atoms with E-state index in [4.69, 9.17) is 9.72 Å². The summed E-state index contributed by atoms with van der Waals surface area (Å²) in [6.07, 6.45) is 0.862. The minimum absolute atomic E-state index is 0.862. The number of aryl methyl sites for hydroxylation is 1. The van der Waals surface area contributed by atoms with Gasteiger partial charge in [0.25, 0.3) is 0 Å². The third-order valence-corrected chi connectivity index (χ3v) is 4.26. The lowest BCUT2D eigenvalue weighted by molar-refractivity contribution is 0.414. The van der Waals surface area contributed by atoms with Crippen molar-refractivity contribution in [2.45, 2.75) is 13.3 Å². The maximum atomic E-state index is 5.18. The van der Waals surface area contributed by atoms with Gasteiger partial charge in [-0.15, -0.1) is 11.3 Å². The summed E-state index contributed by atoms with van der Waals surface area (Å²) in [5.74, 6) is 0.887. The fourth-order valence-electron chi connectivity index (χ4n) is 2.17. The third-order valence-electron chi connectivity index (χ3n) is 3.41. The Morgan fingerprint density at radius 2 is 1.71 bits per heavy atom. The Bertz CT molecular complexity index is 714. The fourth-order valence-corrected chi connectivity index (χ4v) is 3.00. The first-order valence-corrected chi connectivity index (χ1v) is 7.77. The second-order valence-electron chi connectivity index (χ2n) is 5.02. The van der Waals surface area contributed by atoms with Crippen molar-refractivity contribution in [1.82, 2.24) is 4.98 Å². The first-order chi connectivity index (χ1) is 10.2. The molecule has 0 N–H and O–H groups in total. The Labute approximate surface area is 129 Å². The molecule has 21 heavy (non-hydrogen) atoms. The van der Waals surface area contributed by atoms with E-state index >= 15 is 0 Å². The molecular weight excluding hydrogens is 278 g/mol. The van der Waals surface area contributed by atoms with E-state index in [1.165, 1.54) is 16.7 Å². The first-order valence-electron chi connectivity index (χ1n) is 6.89. The monoisotopic (exact) mass is 295 g/mol. The predicted molar refractivity (Wildman–Crippen MR) is 88.1 cm³/mol. The number of aromatic nitrogens is 1. The van der Waals surface area contributed by atoms with Crippen molar-refractivity contribution in [2.24, 2.45) is 0 Å². The van der Waals surface area contributed by atoms with Crippen molar-refractivity contribution >= 4 is 11.3 Å². The van der Waals surface area contributed by atoms with E-state index in [1.54, 1.807) is 18.4 Å². The van der Waals surface area contributed by atoms with Crippen LogP contribution in [0.3, 0.4) is 0 Å². The molecule has 0 aliphatic heterocycles. The SMILES string of the molecule is COc1ccc(Cc2nc(-c3ccc(C)cc3)cs2)cc1. The average molecular weight is 295 g/mol. The van der Waals surface area contributed by atoms with Crippen LogP contribution in [0, 0.1) is 6.92 Å². The predicted octanol–water partition coefficient (Wildman–Crippen LogP) is 4.72. The molecule has 0 amide bonds. The normalized spacial score (nSPS) is 10.6. The van der Waals surface area contributed by atoms with Gasteiger partial charge < -0.3 is 4.74 Å². The Kier molecular flexibility index (Phi) is 4.02. The largest absolute Gasteiger partial charge is 0.497 e. The van der Waals surface area contributed by atoms with E-state index in [1.807, 2.05) is 12.1 Å². The van der Waals surface area contributed by atoms with Crippen molar-refractivity contribution < 1.29 is 4.74 Å². The van der Waals surface area contributed by atoms with Crippen molar-refractivity contribution in [2.75, 3.05) is 7.11 Å². The van der Waals surface area contributed by atoms with Gasteiger partial charge >= 0.3 is 0 Å². The van der Waals surface area contributed by atoms with Gasteiger partial charge in [-0.05, 0) is 24.6 Å². The molecule has 1 heterocycles. The lowest BCUT2D eigenvalue weighted by Gasteiger charge is -2.01. The van der Waals surface area contributed by atoms with Crippen LogP contribution in [0.1, 0.15) is 16.1 Å². The summed E-state index contributed by atoms with van der Waals surface area (Å²) in [7, 11) is 1.68. The lowest BCUT2D eigenvalue weighted by Crippen LogP contribution is -1.89. The molecule has 0 fully saturated rings. The lowest BCUT2D eigenvalue weighted by atomic mass is 10.1. The highest BCUT2D eigenvalue weighted by Crippen LogP contribution is 2.24. The van der Waals surface area contributed by atoms with Crippen LogP contribution < -0.4 is 4.74 Å². The van der Waals surface area contributed by atoms with Crippen LogP contribution in [0.4, 0.5) is 0 Å². The molecule has 3 aromatic rings. The van der Waals surface area contributed by atoms with Gasteiger partial charge in [-0.1, -0.05) is 42.0 Å². The molecule has 0 bridgehead atoms. The van der Waals surface area contributed by atoms with Gasteiger partial charge in [-0.3, -0.25) is 0 Å². The topological polar surface area (TPSA) is 22.1 Å². The molecule has 3 heteroatoms. The van der Waals surface area contributed by atoms with E-state index in [9.17, 15) is 0 Å². The fraction of sp³-hybridized carbons (Fsp3) is 0.167. The number of hydrogen-bond donors (Lipinski definition) is 0. The molecule has 106 valence electrons. The van der Waals surface area contributed by atoms with Gasteiger partial charge in [0.1, 0.15) is 5.75 Å². The van der Waals surface area contributed by atoms with E-state index in [-0.39, 0.29) is 0 Å². The summed E-state index contributed by atoms with van der Waals surface area (Å²) >= 11 is 1.71. The number of nitrogens with zero attached hydrogens (tertiary/aromatic N) is 1. The van der Waals surface area contributed by atoms with Crippen LogP contribution in [0.2, 0.25) is 0 Å². The third kappa shape index (κ3) is 3.31. The zero-order valence-corrected chi connectivity index (χ0v) is 13.0. The summed E-state index contributed by atoms with van der Waals surface area (Å²) in [6, 6.07) is 16.7. The molecule has 0 saturated heterocycles. The molecule has 2 nitrogen and oxygen atoms in total. The number of ether oxygens (including phenoxy) is 1. The average Bonchev–Trinajstić information content (AvgIpc) is 2.97. The van der Waals surface area contributed by atoms with Crippen molar-refractivity contribution in [3.8, 4) is 17.0 Å². The van der Waals surface area contributed by atoms with E-state index < -0.39 is 0 Å². The van der Waals surface area contributed by atoms with Gasteiger partial charge in [0.2, 0.25) is 0 Å². The van der Waals surface area contributed by atoms with Crippen LogP contribution in [-0.2, 0) is 6.42 Å². The molecule has 2 aromatic carbocycles. The molecule has 0 aliphatic carbocycles. The zero-order chi connectivity index (χ0) is 14.7. The molecule has 0 atom stereocenters. The van der Waals surface area contributed by atoms with Crippen molar-refractivity contribution in [3.63, 3.8) is 0 Å². The molecule has 0 radical (unpaired) electrons. The van der Waals surface area contributed by atoms with Crippen LogP contribution in [0.5, 0.6) is 5.75 Å². The van der Waals surface area contributed by atoms with E-state index in [2.05, 4.69) is 48.7 Å². The summed E-state index contributed by atoms with van der Waals surface area (Å²) in [4.78, 5) is 4.74. The van der Waals surface area contributed by atoms with Crippen LogP contribution in [-0.4, -0.2) is 12.1 Å². The Hall–Kier alpha value is -2.13. The highest BCUT2D eigenvalue weighted by molar-refractivity contribution is 7.10. The maximum absolute atomic E-state index is 5.18. The highest BCUT2D eigenvalue weighted by atomic mass is 32.1. The molecule has 0 spiro atoms. The van der Waals surface area contributed by atoms with Crippen LogP contribution in [0.25, 0.3) is 11.3 Å². The maximum Gasteiger partial charge on any atom is 0.118 e. The van der Waals surface area contributed by atoms with Gasteiger partial charge in [0, 0.05) is 17.4 Å². The molecule has 0 aliphatic rings. The standard InChI is InChI=1S/C18H17NOS/c1-13-3-7-15(8-4-13)17-12-21-18(19-17)11-14-5-9-16(20-2)10-6-14/h3-10,12H,11H2,1-2H3. The van der Waals surface area contributed by atoms with Crippen molar-refractivity contribution in [3.05, 3.63) is 70.0 Å². The van der Waals surface area contributed by atoms with Gasteiger partial charge in [-0.25, -0.2) is 4.98 Å². The molecule has 3 rings (SSSR count). The minimum atomic E-state index is 0.862. The number of thiazole rings is 1. The molecular formula is C18H17NOS. The second kappa shape index (κ2) is 6.10. The summed E-state index contributed by atoms with van der Waals surface area (Å²) in [5, 5.41) is 3.26. The van der Waals surface area contributed by atoms with E-state index in [0.29, 0.717) is 0 Å². The van der Waals surface area contributed by atoms with Gasteiger partial charge in [-0.2, -0.15) is 0 Å². The molecule has 1 aromatic heterocycles. The minimum Gasteiger partial charge on any atom is -0.497 e. The smallest absolute Gasteiger partial charge is 0.118 e. The summed E-state index contributed by atoms with van der Waals surface area (Å²) < 4.78 is 5.18.